The second-order valence-corrected chi connectivity index (χ2v) is 3.64. The van der Waals surface area contributed by atoms with Gasteiger partial charge >= 0.3 is 12.4 Å². The van der Waals surface area contributed by atoms with E-state index in [-0.39, 0.29) is 17.3 Å². The predicted octanol–water partition coefficient (Wildman–Crippen LogP) is 4.20. The van der Waals surface area contributed by atoms with E-state index in [2.05, 4.69) is 5.73 Å². The average molecular weight is 281 g/mol. The molecule has 0 atom stereocenters. The SMILES string of the molecule is CC=C=C(N)c1cc(C(F)(F)F)cc(C(F)(F)F)c1. The van der Waals surface area contributed by atoms with E-state index in [9.17, 15) is 26.3 Å². The summed E-state index contributed by atoms with van der Waals surface area (Å²) < 4.78 is 75.2. The fraction of sp³-hybridized carbons (Fsp3) is 0.250. The topological polar surface area (TPSA) is 26.0 Å². The minimum atomic E-state index is -4.88. The molecule has 0 bridgehead atoms. The quantitative estimate of drug-likeness (QED) is 0.606. The lowest BCUT2D eigenvalue weighted by molar-refractivity contribution is -0.143. The van der Waals surface area contributed by atoms with E-state index in [1.807, 2.05) is 0 Å². The highest BCUT2D eigenvalue weighted by molar-refractivity contribution is 5.63. The van der Waals surface area contributed by atoms with Gasteiger partial charge in [0.05, 0.1) is 16.8 Å². The molecule has 0 aliphatic rings. The third kappa shape index (κ3) is 3.79. The van der Waals surface area contributed by atoms with Gasteiger partial charge in [0.15, 0.2) is 0 Å². The highest BCUT2D eigenvalue weighted by Gasteiger charge is 2.37. The van der Waals surface area contributed by atoms with Crippen LogP contribution in [0.1, 0.15) is 23.6 Å². The summed E-state index contributed by atoms with van der Waals surface area (Å²) in [5, 5.41) is 0. The van der Waals surface area contributed by atoms with Gasteiger partial charge in [-0.15, -0.1) is 0 Å². The molecular weight excluding hydrogens is 272 g/mol. The van der Waals surface area contributed by atoms with Crippen LogP contribution < -0.4 is 5.73 Å². The minimum absolute atomic E-state index is 0.0481. The number of hydrogen-bond donors (Lipinski definition) is 1. The summed E-state index contributed by atoms with van der Waals surface area (Å²) in [7, 11) is 0. The van der Waals surface area contributed by atoms with Crippen LogP contribution in [0.15, 0.2) is 30.0 Å². The standard InChI is InChI=1S/C12H9F6N/c1-2-3-10(19)7-4-8(11(13,14)15)6-9(5-7)12(16,17)18/h2,4-6H,19H2,1H3. The lowest BCUT2D eigenvalue weighted by Crippen LogP contribution is -2.12. The highest BCUT2D eigenvalue weighted by atomic mass is 19.4. The van der Waals surface area contributed by atoms with Crippen molar-refractivity contribution in [2.45, 2.75) is 19.3 Å². The molecule has 1 aromatic rings. The summed E-state index contributed by atoms with van der Waals surface area (Å²) in [4.78, 5) is 0. The second kappa shape index (κ2) is 5.01. The molecule has 1 nitrogen and oxygen atoms in total. The van der Waals surface area contributed by atoms with Crippen molar-refractivity contribution in [2.75, 3.05) is 0 Å². The molecule has 0 unspecified atom stereocenters. The maximum Gasteiger partial charge on any atom is 0.416 e. The highest BCUT2D eigenvalue weighted by Crippen LogP contribution is 2.36. The first kappa shape index (κ1) is 15.2. The van der Waals surface area contributed by atoms with E-state index in [1.54, 1.807) is 0 Å². The molecule has 7 heteroatoms. The zero-order valence-corrected chi connectivity index (χ0v) is 9.65. The molecule has 1 aromatic carbocycles. The van der Waals surface area contributed by atoms with Crippen LogP contribution in [-0.4, -0.2) is 0 Å². The summed E-state index contributed by atoms with van der Waals surface area (Å²) in [6.45, 7) is 1.49. The molecule has 0 heterocycles. The molecule has 0 aliphatic carbocycles. The van der Waals surface area contributed by atoms with Crippen molar-refractivity contribution in [1.29, 1.82) is 0 Å². The van der Waals surface area contributed by atoms with Crippen molar-refractivity contribution in [3.05, 3.63) is 46.7 Å². The number of allylic oxidation sites excluding steroid dienone is 1. The van der Waals surface area contributed by atoms with Crippen LogP contribution in [0.5, 0.6) is 0 Å². The maximum atomic E-state index is 12.5. The number of hydrogen-bond acceptors (Lipinski definition) is 1. The molecule has 0 saturated heterocycles. The Kier molecular flexibility index (Phi) is 4.00. The smallest absolute Gasteiger partial charge is 0.392 e. The van der Waals surface area contributed by atoms with E-state index >= 15 is 0 Å². The lowest BCUT2D eigenvalue weighted by atomic mass is 10.0. The third-order valence-corrected chi connectivity index (χ3v) is 2.20. The molecule has 19 heavy (non-hydrogen) atoms. The number of nitrogens with two attached hydrogens (primary N) is 1. The van der Waals surface area contributed by atoms with Gasteiger partial charge in [0.1, 0.15) is 0 Å². The predicted molar refractivity (Wildman–Crippen MR) is 57.8 cm³/mol. The normalized spacial score (nSPS) is 11.9. The zero-order valence-electron chi connectivity index (χ0n) is 9.65. The Hall–Kier alpha value is -1.88. The zero-order chi connectivity index (χ0) is 14.8. The van der Waals surface area contributed by atoms with E-state index in [4.69, 9.17) is 5.73 Å². The fourth-order valence-electron chi connectivity index (χ4n) is 1.35. The Morgan fingerprint density at radius 1 is 1.00 bits per heavy atom. The van der Waals surface area contributed by atoms with Gasteiger partial charge in [-0.05, 0) is 31.2 Å². The van der Waals surface area contributed by atoms with Crippen molar-refractivity contribution in [1.82, 2.24) is 0 Å². The molecule has 104 valence electrons. The third-order valence-electron chi connectivity index (χ3n) is 2.20. The van der Waals surface area contributed by atoms with E-state index in [0.717, 1.165) is 0 Å². The number of rotatable bonds is 1. The van der Waals surface area contributed by atoms with Crippen molar-refractivity contribution >= 4 is 5.70 Å². The fourth-order valence-corrected chi connectivity index (χ4v) is 1.35. The minimum Gasteiger partial charge on any atom is -0.392 e. The first-order chi connectivity index (χ1) is 8.55. The van der Waals surface area contributed by atoms with Gasteiger partial charge in [-0.1, -0.05) is 5.73 Å². The van der Waals surface area contributed by atoms with Gasteiger partial charge in [-0.3, -0.25) is 0 Å². The van der Waals surface area contributed by atoms with Gasteiger partial charge in [0.2, 0.25) is 0 Å². The summed E-state index contributed by atoms with van der Waals surface area (Å²) in [6.07, 6.45) is -8.47. The first-order valence-corrected chi connectivity index (χ1v) is 5.02. The number of alkyl halides is 6. The van der Waals surface area contributed by atoms with Crippen LogP contribution >= 0.6 is 0 Å². The van der Waals surface area contributed by atoms with Gasteiger partial charge in [0, 0.05) is 5.56 Å². The molecule has 2 N–H and O–H groups in total. The molecule has 0 aliphatic heterocycles. The van der Waals surface area contributed by atoms with Crippen LogP contribution in [0.4, 0.5) is 26.3 Å². The van der Waals surface area contributed by atoms with Gasteiger partial charge in [-0.2, -0.15) is 26.3 Å². The monoisotopic (exact) mass is 281 g/mol. The van der Waals surface area contributed by atoms with Crippen LogP contribution in [0.2, 0.25) is 0 Å². The Balaban J connectivity index is 3.55. The Bertz CT molecular complexity index is 500. The molecule has 0 aromatic heterocycles. The summed E-state index contributed by atoms with van der Waals surface area (Å²) in [5.41, 5.74) is 4.25. The van der Waals surface area contributed by atoms with E-state index in [0.29, 0.717) is 12.1 Å². The van der Waals surface area contributed by atoms with E-state index < -0.39 is 23.5 Å². The van der Waals surface area contributed by atoms with Crippen LogP contribution in [0.3, 0.4) is 0 Å². The van der Waals surface area contributed by atoms with Crippen molar-refractivity contribution < 1.29 is 26.3 Å². The molecule has 1 rings (SSSR count). The Labute approximate surface area is 105 Å². The van der Waals surface area contributed by atoms with Crippen molar-refractivity contribution in [3.63, 3.8) is 0 Å². The Morgan fingerprint density at radius 2 is 1.42 bits per heavy atom. The molecule has 0 spiro atoms. The lowest BCUT2D eigenvalue weighted by Gasteiger charge is -2.13. The van der Waals surface area contributed by atoms with Crippen molar-refractivity contribution in [2.24, 2.45) is 5.73 Å². The average Bonchev–Trinajstić information content (AvgIpc) is 2.26. The van der Waals surface area contributed by atoms with E-state index in [1.165, 1.54) is 13.0 Å². The first-order valence-electron chi connectivity index (χ1n) is 5.02. The molecule has 0 amide bonds. The number of benzene rings is 1. The van der Waals surface area contributed by atoms with Crippen LogP contribution in [0, 0.1) is 0 Å². The largest absolute Gasteiger partial charge is 0.416 e. The molecular formula is C12H9F6N. The van der Waals surface area contributed by atoms with Crippen LogP contribution in [-0.2, 0) is 12.4 Å². The molecule has 0 radical (unpaired) electrons. The summed E-state index contributed by atoms with van der Waals surface area (Å²) >= 11 is 0. The van der Waals surface area contributed by atoms with Gasteiger partial charge < -0.3 is 5.73 Å². The Morgan fingerprint density at radius 3 is 1.74 bits per heavy atom. The van der Waals surface area contributed by atoms with Crippen molar-refractivity contribution in [3.8, 4) is 0 Å². The van der Waals surface area contributed by atoms with Gasteiger partial charge in [0.25, 0.3) is 0 Å². The second-order valence-electron chi connectivity index (χ2n) is 3.64. The van der Waals surface area contributed by atoms with Crippen LogP contribution in [0.25, 0.3) is 5.70 Å². The number of halogens is 6. The summed E-state index contributed by atoms with van der Waals surface area (Å²) in [6, 6.07) is 1.16. The maximum absolute atomic E-state index is 12.5. The summed E-state index contributed by atoms with van der Waals surface area (Å²) in [5.74, 6) is 0. The van der Waals surface area contributed by atoms with Gasteiger partial charge in [-0.25, -0.2) is 0 Å². The molecule has 0 fully saturated rings. The molecule has 0 saturated carbocycles.